The van der Waals surface area contributed by atoms with Gasteiger partial charge in [0.2, 0.25) is 5.91 Å². The van der Waals surface area contributed by atoms with E-state index in [1.54, 1.807) is 11.3 Å². The lowest BCUT2D eigenvalue weighted by atomic mass is 10.1. The highest BCUT2D eigenvalue weighted by atomic mass is 35.5. The Labute approximate surface area is 123 Å². The van der Waals surface area contributed by atoms with Gasteiger partial charge in [-0.05, 0) is 37.4 Å². The second-order valence-electron chi connectivity index (χ2n) is 4.44. The summed E-state index contributed by atoms with van der Waals surface area (Å²) in [4.78, 5) is 15.1. The lowest BCUT2D eigenvalue weighted by molar-refractivity contribution is -0.130. The summed E-state index contributed by atoms with van der Waals surface area (Å²) in [6, 6.07) is 3.87. The van der Waals surface area contributed by atoms with Crippen molar-refractivity contribution >= 4 is 41.3 Å². The molecule has 18 heavy (non-hydrogen) atoms. The van der Waals surface area contributed by atoms with Crippen LogP contribution in [0.3, 0.4) is 0 Å². The number of likely N-dealkylation sites (tertiary alicyclic amines) is 1. The van der Waals surface area contributed by atoms with Crippen LogP contribution < -0.4 is 5.73 Å². The third-order valence-corrected chi connectivity index (χ3v) is 4.48. The first-order valence-electron chi connectivity index (χ1n) is 5.91. The molecular formula is C12H18Cl2N2OS. The summed E-state index contributed by atoms with van der Waals surface area (Å²) in [5, 5.41) is 0. The lowest BCUT2D eigenvalue weighted by Gasteiger charge is -2.15. The Hall–Kier alpha value is -0.290. The van der Waals surface area contributed by atoms with Gasteiger partial charge in [-0.2, -0.15) is 0 Å². The topological polar surface area (TPSA) is 46.3 Å². The van der Waals surface area contributed by atoms with Crippen molar-refractivity contribution in [2.75, 3.05) is 19.6 Å². The molecule has 1 atom stereocenters. The molecule has 1 saturated heterocycles. The summed E-state index contributed by atoms with van der Waals surface area (Å²) >= 11 is 7.40. The number of halogens is 2. The van der Waals surface area contributed by atoms with Crippen LogP contribution in [0.5, 0.6) is 0 Å². The molecule has 3 nitrogen and oxygen atoms in total. The number of hydrogen-bond donors (Lipinski definition) is 1. The zero-order valence-corrected chi connectivity index (χ0v) is 12.5. The zero-order valence-electron chi connectivity index (χ0n) is 10.1. The van der Waals surface area contributed by atoms with Crippen LogP contribution in [0.1, 0.15) is 17.7 Å². The molecule has 2 N–H and O–H groups in total. The van der Waals surface area contributed by atoms with E-state index in [4.69, 9.17) is 17.3 Å². The van der Waals surface area contributed by atoms with Crippen molar-refractivity contribution in [1.29, 1.82) is 0 Å². The van der Waals surface area contributed by atoms with E-state index < -0.39 is 0 Å². The number of aryl methyl sites for hydroxylation is 1. The van der Waals surface area contributed by atoms with E-state index in [1.165, 1.54) is 4.88 Å². The van der Waals surface area contributed by atoms with Gasteiger partial charge in [0.1, 0.15) is 0 Å². The van der Waals surface area contributed by atoms with Gasteiger partial charge in [0.25, 0.3) is 0 Å². The molecule has 6 heteroatoms. The molecule has 0 aliphatic carbocycles. The molecule has 0 spiro atoms. The summed E-state index contributed by atoms with van der Waals surface area (Å²) in [6.07, 6.45) is 2.42. The van der Waals surface area contributed by atoms with Crippen molar-refractivity contribution in [2.45, 2.75) is 19.3 Å². The normalized spacial score (nSPS) is 18.8. The van der Waals surface area contributed by atoms with Crippen molar-refractivity contribution in [3.8, 4) is 0 Å². The standard InChI is InChI=1S/C12H17ClN2OS.ClH/c13-11-3-1-10(17-11)2-4-12(16)15-6-5-9(7-14)8-15;/h1,3,9H,2,4-8,14H2;1H. The average Bonchev–Trinajstić information content (AvgIpc) is 2.94. The van der Waals surface area contributed by atoms with Gasteiger partial charge in [-0.1, -0.05) is 11.6 Å². The number of nitrogens with two attached hydrogens (primary N) is 1. The lowest BCUT2D eigenvalue weighted by Crippen LogP contribution is -2.29. The van der Waals surface area contributed by atoms with Gasteiger partial charge in [-0.3, -0.25) is 4.79 Å². The molecular weight excluding hydrogens is 291 g/mol. The van der Waals surface area contributed by atoms with Crippen molar-refractivity contribution in [2.24, 2.45) is 11.7 Å². The van der Waals surface area contributed by atoms with Crippen molar-refractivity contribution < 1.29 is 4.79 Å². The summed E-state index contributed by atoms with van der Waals surface area (Å²) in [5.74, 6) is 0.737. The van der Waals surface area contributed by atoms with Crippen LogP contribution in [0.2, 0.25) is 4.34 Å². The summed E-state index contributed by atoms with van der Waals surface area (Å²) in [7, 11) is 0. The number of thiophene rings is 1. The fourth-order valence-electron chi connectivity index (χ4n) is 2.13. The number of carbonyl (C=O) groups excluding carboxylic acids is 1. The second-order valence-corrected chi connectivity index (χ2v) is 6.24. The van der Waals surface area contributed by atoms with Crippen LogP contribution in [-0.4, -0.2) is 30.4 Å². The number of amides is 1. The average molecular weight is 309 g/mol. The Morgan fingerprint density at radius 2 is 2.33 bits per heavy atom. The highest BCUT2D eigenvalue weighted by Gasteiger charge is 2.24. The van der Waals surface area contributed by atoms with E-state index in [1.807, 2.05) is 17.0 Å². The highest BCUT2D eigenvalue weighted by molar-refractivity contribution is 7.16. The highest BCUT2D eigenvalue weighted by Crippen LogP contribution is 2.23. The molecule has 0 bridgehead atoms. The third kappa shape index (κ3) is 4.12. The molecule has 0 aromatic carbocycles. The quantitative estimate of drug-likeness (QED) is 0.929. The van der Waals surface area contributed by atoms with Crippen LogP contribution in [0.4, 0.5) is 0 Å². The molecule has 102 valence electrons. The number of carbonyl (C=O) groups is 1. The molecule has 2 rings (SSSR count). The van der Waals surface area contributed by atoms with E-state index in [-0.39, 0.29) is 18.3 Å². The van der Waals surface area contributed by atoms with E-state index in [9.17, 15) is 4.79 Å². The monoisotopic (exact) mass is 308 g/mol. The smallest absolute Gasteiger partial charge is 0.222 e. The maximum Gasteiger partial charge on any atom is 0.222 e. The minimum atomic E-state index is 0. The zero-order chi connectivity index (χ0) is 12.3. The van der Waals surface area contributed by atoms with Gasteiger partial charge in [0.05, 0.1) is 4.34 Å². The Bertz CT molecular complexity index is 397. The minimum absolute atomic E-state index is 0. The van der Waals surface area contributed by atoms with E-state index in [2.05, 4.69) is 0 Å². The van der Waals surface area contributed by atoms with Gasteiger partial charge in [-0.15, -0.1) is 23.7 Å². The number of rotatable bonds is 4. The van der Waals surface area contributed by atoms with Gasteiger partial charge in [0.15, 0.2) is 0 Å². The first kappa shape index (κ1) is 15.8. The molecule has 1 amide bonds. The van der Waals surface area contributed by atoms with Crippen molar-refractivity contribution in [1.82, 2.24) is 4.90 Å². The largest absolute Gasteiger partial charge is 0.342 e. The summed E-state index contributed by atoms with van der Waals surface area (Å²) in [6.45, 7) is 2.39. The Morgan fingerprint density at radius 3 is 2.89 bits per heavy atom. The SMILES string of the molecule is Cl.NCC1CCN(C(=O)CCc2ccc(Cl)s2)C1. The van der Waals surface area contributed by atoms with Crippen LogP contribution in [0.15, 0.2) is 12.1 Å². The molecule has 2 heterocycles. The van der Waals surface area contributed by atoms with Gasteiger partial charge in [-0.25, -0.2) is 0 Å². The van der Waals surface area contributed by atoms with Crippen LogP contribution in [0.25, 0.3) is 0 Å². The third-order valence-electron chi connectivity index (χ3n) is 3.19. The van der Waals surface area contributed by atoms with Crippen molar-refractivity contribution in [3.05, 3.63) is 21.3 Å². The number of hydrogen-bond acceptors (Lipinski definition) is 3. The molecule has 0 saturated carbocycles. The molecule has 1 aromatic rings. The molecule has 1 unspecified atom stereocenters. The Kier molecular flexibility index (Phi) is 6.43. The molecule has 1 fully saturated rings. The fourth-order valence-corrected chi connectivity index (χ4v) is 3.21. The van der Waals surface area contributed by atoms with Crippen LogP contribution in [-0.2, 0) is 11.2 Å². The molecule has 1 aliphatic rings. The van der Waals surface area contributed by atoms with E-state index >= 15 is 0 Å². The maximum atomic E-state index is 11.9. The van der Waals surface area contributed by atoms with Crippen LogP contribution >= 0.6 is 35.3 Å². The van der Waals surface area contributed by atoms with Gasteiger partial charge < -0.3 is 10.6 Å². The molecule has 1 aliphatic heterocycles. The van der Waals surface area contributed by atoms with Gasteiger partial charge in [0, 0.05) is 24.4 Å². The summed E-state index contributed by atoms with van der Waals surface area (Å²) in [5.41, 5.74) is 5.61. The van der Waals surface area contributed by atoms with Crippen LogP contribution in [0, 0.1) is 5.92 Å². The Balaban J connectivity index is 0.00000162. The predicted octanol–water partition coefficient (Wildman–Crippen LogP) is 2.56. The predicted molar refractivity (Wildman–Crippen MR) is 78.6 cm³/mol. The molecule has 1 aromatic heterocycles. The van der Waals surface area contributed by atoms with Gasteiger partial charge >= 0.3 is 0 Å². The fraction of sp³-hybridized carbons (Fsp3) is 0.583. The van der Waals surface area contributed by atoms with E-state index in [0.717, 1.165) is 30.3 Å². The second kappa shape index (κ2) is 7.34. The van der Waals surface area contributed by atoms with E-state index in [0.29, 0.717) is 18.9 Å². The number of nitrogens with zero attached hydrogens (tertiary/aromatic N) is 1. The summed E-state index contributed by atoms with van der Waals surface area (Å²) < 4.78 is 0.789. The van der Waals surface area contributed by atoms with Crippen molar-refractivity contribution in [3.63, 3.8) is 0 Å². The first-order chi connectivity index (χ1) is 8.19. The minimum Gasteiger partial charge on any atom is -0.342 e. The Morgan fingerprint density at radius 1 is 1.56 bits per heavy atom. The maximum absolute atomic E-state index is 11.9. The first-order valence-corrected chi connectivity index (χ1v) is 7.10. The molecule has 0 radical (unpaired) electrons.